The quantitative estimate of drug-likeness (QED) is 0.847. The zero-order valence-electron chi connectivity index (χ0n) is 11.4. The maximum absolute atomic E-state index is 13.6. The van der Waals surface area contributed by atoms with Crippen LogP contribution >= 0.6 is 0 Å². The van der Waals surface area contributed by atoms with Crippen molar-refractivity contribution in [2.24, 2.45) is 5.92 Å². The maximum atomic E-state index is 13.6. The van der Waals surface area contributed by atoms with Crippen LogP contribution in [0.1, 0.15) is 56.6 Å². The molecule has 0 bridgehead atoms. The third-order valence-corrected chi connectivity index (χ3v) is 4.34. The summed E-state index contributed by atoms with van der Waals surface area (Å²) in [4.78, 5) is 0. The Hall–Kier alpha value is -0.890. The second-order valence-electron chi connectivity index (χ2n) is 5.73. The third kappa shape index (κ3) is 2.74. The molecule has 1 aliphatic carbocycles. The van der Waals surface area contributed by atoms with E-state index >= 15 is 0 Å². The van der Waals surface area contributed by atoms with E-state index in [0.29, 0.717) is 5.56 Å². The van der Waals surface area contributed by atoms with Crippen LogP contribution in [0.5, 0.6) is 0 Å². The van der Waals surface area contributed by atoms with Crippen molar-refractivity contribution in [3.8, 4) is 0 Å². The predicted molar refractivity (Wildman–Crippen MR) is 71.9 cm³/mol. The second kappa shape index (κ2) is 5.40. The normalized spacial score (nSPS) is 28.3. The van der Waals surface area contributed by atoms with Gasteiger partial charge in [0.05, 0.1) is 5.60 Å². The van der Waals surface area contributed by atoms with Gasteiger partial charge in [0.25, 0.3) is 0 Å². The molecule has 2 heteroatoms. The van der Waals surface area contributed by atoms with E-state index in [4.69, 9.17) is 0 Å². The van der Waals surface area contributed by atoms with Gasteiger partial charge in [0, 0.05) is 0 Å². The standard InChI is InChI=1S/C16H23FO/c1-3-4-13-7-9-16(18,10-8-13)14-6-5-12(2)15(17)11-14/h5-6,11,13,18H,3-4,7-10H2,1-2H3. The Labute approximate surface area is 109 Å². The molecular formula is C16H23FO. The molecule has 0 heterocycles. The SMILES string of the molecule is CCCC1CCC(O)(c2ccc(C)c(F)c2)CC1. The topological polar surface area (TPSA) is 20.2 Å². The molecule has 0 radical (unpaired) electrons. The molecule has 18 heavy (non-hydrogen) atoms. The fourth-order valence-electron chi connectivity index (χ4n) is 3.02. The first-order chi connectivity index (χ1) is 8.55. The summed E-state index contributed by atoms with van der Waals surface area (Å²) in [5.41, 5.74) is 0.585. The molecule has 0 unspecified atom stereocenters. The van der Waals surface area contributed by atoms with Gasteiger partial charge in [-0.2, -0.15) is 0 Å². The summed E-state index contributed by atoms with van der Waals surface area (Å²) in [7, 11) is 0. The summed E-state index contributed by atoms with van der Waals surface area (Å²) >= 11 is 0. The molecule has 2 rings (SSSR count). The van der Waals surface area contributed by atoms with Gasteiger partial charge in [0.1, 0.15) is 5.82 Å². The monoisotopic (exact) mass is 250 g/mol. The molecule has 1 aliphatic rings. The summed E-state index contributed by atoms with van der Waals surface area (Å²) in [6.07, 6.45) is 6.10. The summed E-state index contributed by atoms with van der Waals surface area (Å²) < 4.78 is 13.6. The van der Waals surface area contributed by atoms with Crippen molar-refractivity contribution in [3.63, 3.8) is 0 Å². The van der Waals surface area contributed by atoms with Crippen LogP contribution in [0.2, 0.25) is 0 Å². The van der Waals surface area contributed by atoms with Crippen LogP contribution in [0.4, 0.5) is 4.39 Å². The zero-order chi connectivity index (χ0) is 13.2. The Morgan fingerprint density at radius 2 is 2.00 bits per heavy atom. The first-order valence-electron chi connectivity index (χ1n) is 7.04. The van der Waals surface area contributed by atoms with E-state index in [-0.39, 0.29) is 5.82 Å². The van der Waals surface area contributed by atoms with E-state index in [1.54, 1.807) is 13.0 Å². The second-order valence-corrected chi connectivity index (χ2v) is 5.73. The Morgan fingerprint density at radius 3 is 2.56 bits per heavy atom. The van der Waals surface area contributed by atoms with Gasteiger partial charge in [0.15, 0.2) is 0 Å². The largest absolute Gasteiger partial charge is 0.385 e. The molecule has 0 spiro atoms. The third-order valence-electron chi connectivity index (χ3n) is 4.34. The van der Waals surface area contributed by atoms with E-state index < -0.39 is 5.60 Å². The molecule has 0 aromatic heterocycles. The lowest BCUT2D eigenvalue weighted by atomic mass is 9.74. The van der Waals surface area contributed by atoms with Crippen molar-refractivity contribution in [2.45, 2.75) is 58.0 Å². The number of hydrogen-bond donors (Lipinski definition) is 1. The minimum atomic E-state index is -0.807. The lowest BCUT2D eigenvalue weighted by Crippen LogP contribution is -2.31. The fraction of sp³-hybridized carbons (Fsp3) is 0.625. The van der Waals surface area contributed by atoms with Crippen molar-refractivity contribution in [2.75, 3.05) is 0 Å². The van der Waals surface area contributed by atoms with Crippen LogP contribution in [-0.4, -0.2) is 5.11 Å². The number of rotatable bonds is 3. The van der Waals surface area contributed by atoms with Crippen molar-refractivity contribution < 1.29 is 9.50 Å². The van der Waals surface area contributed by atoms with Crippen molar-refractivity contribution in [3.05, 3.63) is 35.1 Å². The Balaban J connectivity index is 2.10. The van der Waals surface area contributed by atoms with E-state index in [1.807, 2.05) is 6.07 Å². The number of hydrogen-bond acceptors (Lipinski definition) is 1. The van der Waals surface area contributed by atoms with Crippen LogP contribution in [0.25, 0.3) is 0 Å². The van der Waals surface area contributed by atoms with Gasteiger partial charge < -0.3 is 5.11 Å². The van der Waals surface area contributed by atoms with Gasteiger partial charge in [0.2, 0.25) is 0 Å². The first kappa shape index (κ1) is 13.5. The molecule has 1 N–H and O–H groups in total. The molecular weight excluding hydrogens is 227 g/mol. The van der Waals surface area contributed by atoms with Gasteiger partial charge in [-0.1, -0.05) is 31.9 Å². The zero-order valence-corrected chi connectivity index (χ0v) is 11.4. The molecule has 1 fully saturated rings. The highest BCUT2D eigenvalue weighted by atomic mass is 19.1. The van der Waals surface area contributed by atoms with Crippen LogP contribution in [0.15, 0.2) is 18.2 Å². The molecule has 1 aromatic carbocycles. The number of aliphatic hydroxyl groups is 1. The maximum Gasteiger partial charge on any atom is 0.126 e. The average Bonchev–Trinajstić information content (AvgIpc) is 2.36. The van der Waals surface area contributed by atoms with Crippen molar-refractivity contribution in [1.29, 1.82) is 0 Å². The van der Waals surface area contributed by atoms with Gasteiger partial charge >= 0.3 is 0 Å². The summed E-state index contributed by atoms with van der Waals surface area (Å²) in [6.45, 7) is 3.96. The Morgan fingerprint density at radius 1 is 1.33 bits per heavy atom. The van der Waals surface area contributed by atoms with Gasteiger partial charge in [-0.05, 0) is 55.7 Å². The van der Waals surface area contributed by atoms with Crippen LogP contribution in [0.3, 0.4) is 0 Å². The van der Waals surface area contributed by atoms with Crippen LogP contribution in [-0.2, 0) is 5.60 Å². The highest BCUT2D eigenvalue weighted by Gasteiger charge is 2.34. The summed E-state index contributed by atoms with van der Waals surface area (Å²) in [6, 6.07) is 5.15. The Bertz CT molecular complexity index is 406. The smallest absolute Gasteiger partial charge is 0.126 e. The lowest BCUT2D eigenvalue weighted by Gasteiger charge is -2.36. The number of benzene rings is 1. The molecule has 1 aromatic rings. The molecule has 1 nitrogen and oxygen atoms in total. The molecule has 0 amide bonds. The molecule has 0 atom stereocenters. The van der Waals surface area contributed by atoms with Crippen LogP contribution in [0, 0.1) is 18.7 Å². The van der Waals surface area contributed by atoms with E-state index in [1.165, 1.54) is 18.9 Å². The lowest BCUT2D eigenvalue weighted by molar-refractivity contribution is -0.0154. The van der Waals surface area contributed by atoms with E-state index in [9.17, 15) is 9.50 Å². The average molecular weight is 250 g/mol. The van der Waals surface area contributed by atoms with Crippen LogP contribution < -0.4 is 0 Å². The summed E-state index contributed by atoms with van der Waals surface area (Å²) in [5, 5.41) is 10.7. The van der Waals surface area contributed by atoms with Crippen molar-refractivity contribution >= 4 is 0 Å². The van der Waals surface area contributed by atoms with Gasteiger partial charge in [-0.3, -0.25) is 0 Å². The minimum absolute atomic E-state index is 0.211. The number of aryl methyl sites for hydroxylation is 1. The van der Waals surface area contributed by atoms with Gasteiger partial charge in [-0.25, -0.2) is 4.39 Å². The molecule has 0 saturated heterocycles. The highest BCUT2D eigenvalue weighted by molar-refractivity contribution is 5.28. The molecule has 100 valence electrons. The number of halogens is 1. The molecule has 1 saturated carbocycles. The van der Waals surface area contributed by atoms with Gasteiger partial charge in [-0.15, -0.1) is 0 Å². The Kier molecular flexibility index (Phi) is 4.06. The van der Waals surface area contributed by atoms with E-state index in [2.05, 4.69) is 6.92 Å². The molecule has 0 aliphatic heterocycles. The minimum Gasteiger partial charge on any atom is -0.385 e. The summed E-state index contributed by atoms with van der Waals surface area (Å²) in [5.74, 6) is 0.530. The van der Waals surface area contributed by atoms with Crippen molar-refractivity contribution in [1.82, 2.24) is 0 Å². The van der Waals surface area contributed by atoms with E-state index in [0.717, 1.165) is 37.2 Å². The fourth-order valence-corrected chi connectivity index (χ4v) is 3.02. The first-order valence-corrected chi connectivity index (χ1v) is 7.04. The highest BCUT2D eigenvalue weighted by Crippen LogP contribution is 2.41. The predicted octanol–water partition coefficient (Wildman–Crippen LogP) is 4.31.